The molecule has 2 aliphatic rings. The molecule has 2 aromatic rings. The molecular weight excluding hydrogens is 228 g/mol. The Kier molecular flexibility index (Phi) is 2.24. The number of hydrogen-bond donors (Lipinski definition) is 1. The molecule has 1 atom stereocenters. The maximum absolute atomic E-state index is 4.91. The van der Waals surface area contributed by atoms with Gasteiger partial charge in [-0.15, -0.1) is 11.3 Å². The Labute approximate surface area is 105 Å². The Morgan fingerprint density at radius 2 is 2.12 bits per heavy atom. The molecule has 0 spiro atoms. The maximum Gasteiger partial charge on any atom is 0.0969 e. The lowest BCUT2D eigenvalue weighted by Crippen LogP contribution is -2.08. The molecule has 1 aliphatic heterocycles. The predicted molar refractivity (Wildman–Crippen MR) is 71.8 cm³/mol. The average molecular weight is 244 g/mol. The predicted octanol–water partition coefficient (Wildman–Crippen LogP) is 3.25. The second kappa shape index (κ2) is 3.79. The minimum absolute atomic E-state index is 0.674. The highest BCUT2D eigenvalue weighted by atomic mass is 32.1. The number of rotatable bonds is 2. The summed E-state index contributed by atoms with van der Waals surface area (Å²) in [5.41, 5.74) is 2.75. The van der Waals surface area contributed by atoms with Crippen molar-refractivity contribution in [3.05, 3.63) is 28.8 Å². The molecule has 1 N–H and O–H groups in total. The van der Waals surface area contributed by atoms with Crippen molar-refractivity contribution in [1.29, 1.82) is 0 Å². The standard InChI is InChI=1S/C14H16N2S/c1-2-11(10-6-7-15-8-10)13-12(3-1)17-14(16-13)9-4-5-9/h1-3,9-10,15H,4-8H2. The third-order valence-electron chi connectivity index (χ3n) is 3.89. The monoisotopic (exact) mass is 244 g/mol. The van der Waals surface area contributed by atoms with Gasteiger partial charge in [-0.1, -0.05) is 12.1 Å². The van der Waals surface area contributed by atoms with Gasteiger partial charge >= 0.3 is 0 Å². The number of hydrogen-bond acceptors (Lipinski definition) is 3. The van der Waals surface area contributed by atoms with Crippen molar-refractivity contribution in [1.82, 2.24) is 10.3 Å². The van der Waals surface area contributed by atoms with Gasteiger partial charge < -0.3 is 5.32 Å². The zero-order chi connectivity index (χ0) is 11.2. The molecule has 2 nitrogen and oxygen atoms in total. The Balaban J connectivity index is 1.84. The Morgan fingerprint density at radius 1 is 1.18 bits per heavy atom. The first kappa shape index (κ1) is 10.0. The minimum Gasteiger partial charge on any atom is -0.316 e. The van der Waals surface area contributed by atoms with Crippen molar-refractivity contribution in [3.8, 4) is 0 Å². The number of nitrogens with one attached hydrogen (secondary N) is 1. The number of aromatic nitrogens is 1. The number of nitrogens with zero attached hydrogens (tertiary/aromatic N) is 1. The van der Waals surface area contributed by atoms with Crippen molar-refractivity contribution in [2.75, 3.05) is 13.1 Å². The van der Waals surface area contributed by atoms with Crippen LogP contribution in [0.5, 0.6) is 0 Å². The van der Waals surface area contributed by atoms with Gasteiger partial charge in [0.25, 0.3) is 0 Å². The fraction of sp³-hybridized carbons (Fsp3) is 0.500. The number of fused-ring (bicyclic) bond motifs is 1. The summed E-state index contributed by atoms with van der Waals surface area (Å²) in [6, 6.07) is 6.70. The van der Waals surface area contributed by atoms with Crippen LogP contribution in [0, 0.1) is 0 Å². The third-order valence-corrected chi connectivity index (χ3v) is 5.08. The van der Waals surface area contributed by atoms with E-state index >= 15 is 0 Å². The first-order valence-corrected chi connectivity index (χ1v) is 7.33. The summed E-state index contributed by atoms with van der Waals surface area (Å²) >= 11 is 1.91. The SMILES string of the molecule is c1cc(C2CCNC2)c2nc(C3CC3)sc2c1. The molecule has 1 aliphatic carbocycles. The topological polar surface area (TPSA) is 24.9 Å². The van der Waals surface area contributed by atoms with E-state index in [0.717, 1.165) is 19.0 Å². The molecule has 1 saturated carbocycles. The van der Waals surface area contributed by atoms with Crippen LogP contribution in [0.2, 0.25) is 0 Å². The summed E-state index contributed by atoms with van der Waals surface area (Å²) in [6.45, 7) is 2.27. The van der Waals surface area contributed by atoms with Gasteiger partial charge in [-0.25, -0.2) is 4.98 Å². The highest BCUT2D eigenvalue weighted by Crippen LogP contribution is 2.44. The summed E-state index contributed by atoms with van der Waals surface area (Å²) in [5, 5.41) is 4.83. The largest absolute Gasteiger partial charge is 0.316 e. The number of para-hydroxylation sites is 1. The van der Waals surface area contributed by atoms with E-state index in [9.17, 15) is 0 Å². The summed E-state index contributed by atoms with van der Waals surface area (Å²) in [4.78, 5) is 4.91. The van der Waals surface area contributed by atoms with Crippen LogP contribution in [0.3, 0.4) is 0 Å². The molecule has 3 heteroatoms. The fourth-order valence-electron chi connectivity index (χ4n) is 2.74. The van der Waals surface area contributed by atoms with E-state index in [0.29, 0.717) is 5.92 Å². The van der Waals surface area contributed by atoms with E-state index in [4.69, 9.17) is 4.98 Å². The van der Waals surface area contributed by atoms with Crippen LogP contribution in [0.1, 0.15) is 41.7 Å². The molecule has 0 bridgehead atoms. The fourth-order valence-corrected chi connectivity index (χ4v) is 3.91. The minimum atomic E-state index is 0.674. The second-order valence-electron chi connectivity index (χ2n) is 5.21. The van der Waals surface area contributed by atoms with Crippen molar-refractivity contribution in [2.45, 2.75) is 31.1 Å². The second-order valence-corrected chi connectivity index (χ2v) is 6.27. The van der Waals surface area contributed by atoms with Crippen molar-refractivity contribution < 1.29 is 0 Å². The smallest absolute Gasteiger partial charge is 0.0969 e. The molecule has 4 rings (SSSR count). The quantitative estimate of drug-likeness (QED) is 0.877. The van der Waals surface area contributed by atoms with Crippen LogP contribution in [-0.4, -0.2) is 18.1 Å². The Hall–Kier alpha value is -0.930. The maximum atomic E-state index is 4.91. The number of benzene rings is 1. The molecular formula is C14H16N2S. The third kappa shape index (κ3) is 1.69. The van der Waals surface area contributed by atoms with E-state index in [1.807, 2.05) is 11.3 Å². The Bertz CT molecular complexity index is 550. The Morgan fingerprint density at radius 3 is 2.88 bits per heavy atom. The van der Waals surface area contributed by atoms with Crippen molar-refractivity contribution in [2.24, 2.45) is 0 Å². The molecule has 1 aromatic carbocycles. The summed E-state index contributed by atoms with van der Waals surface area (Å²) < 4.78 is 1.39. The van der Waals surface area contributed by atoms with Crippen LogP contribution in [0.15, 0.2) is 18.2 Å². The summed E-state index contributed by atoms with van der Waals surface area (Å²) in [7, 11) is 0. The highest BCUT2D eigenvalue weighted by Gasteiger charge is 2.28. The molecule has 0 amide bonds. The van der Waals surface area contributed by atoms with Gasteiger partial charge in [0, 0.05) is 12.5 Å². The normalized spacial score (nSPS) is 24.6. The highest BCUT2D eigenvalue weighted by molar-refractivity contribution is 7.18. The molecule has 1 aromatic heterocycles. The first-order chi connectivity index (χ1) is 8.42. The van der Waals surface area contributed by atoms with Crippen LogP contribution in [0.25, 0.3) is 10.2 Å². The molecule has 2 fully saturated rings. The molecule has 2 heterocycles. The molecule has 1 saturated heterocycles. The van der Waals surface area contributed by atoms with Gasteiger partial charge in [0.05, 0.1) is 15.2 Å². The zero-order valence-corrected chi connectivity index (χ0v) is 10.6. The van der Waals surface area contributed by atoms with Gasteiger partial charge in [0.2, 0.25) is 0 Å². The lowest BCUT2D eigenvalue weighted by molar-refractivity contribution is 0.768. The van der Waals surface area contributed by atoms with Crippen LogP contribution >= 0.6 is 11.3 Å². The molecule has 17 heavy (non-hydrogen) atoms. The molecule has 0 radical (unpaired) electrons. The van der Waals surface area contributed by atoms with Gasteiger partial charge in [0.15, 0.2) is 0 Å². The van der Waals surface area contributed by atoms with E-state index in [1.165, 1.54) is 40.1 Å². The zero-order valence-electron chi connectivity index (χ0n) is 9.78. The first-order valence-electron chi connectivity index (χ1n) is 6.52. The van der Waals surface area contributed by atoms with Gasteiger partial charge in [-0.2, -0.15) is 0 Å². The van der Waals surface area contributed by atoms with Gasteiger partial charge in [0.1, 0.15) is 0 Å². The van der Waals surface area contributed by atoms with Crippen LogP contribution in [0.4, 0.5) is 0 Å². The number of thiazole rings is 1. The van der Waals surface area contributed by atoms with E-state index < -0.39 is 0 Å². The van der Waals surface area contributed by atoms with Crippen molar-refractivity contribution >= 4 is 21.6 Å². The average Bonchev–Trinajstić information content (AvgIpc) is 2.92. The van der Waals surface area contributed by atoms with Gasteiger partial charge in [-0.05, 0) is 43.4 Å². The summed E-state index contributed by atoms with van der Waals surface area (Å²) in [6.07, 6.45) is 3.95. The van der Waals surface area contributed by atoms with Crippen LogP contribution in [-0.2, 0) is 0 Å². The van der Waals surface area contributed by atoms with E-state index in [-0.39, 0.29) is 0 Å². The van der Waals surface area contributed by atoms with E-state index in [1.54, 1.807) is 0 Å². The van der Waals surface area contributed by atoms with Gasteiger partial charge in [-0.3, -0.25) is 0 Å². The summed E-state index contributed by atoms with van der Waals surface area (Å²) in [5.74, 6) is 1.45. The van der Waals surface area contributed by atoms with Crippen molar-refractivity contribution in [3.63, 3.8) is 0 Å². The van der Waals surface area contributed by atoms with E-state index in [2.05, 4.69) is 23.5 Å². The van der Waals surface area contributed by atoms with Crippen LogP contribution < -0.4 is 5.32 Å². The molecule has 88 valence electrons. The lowest BCUT2D eigenvalue weighted by atomic mass is 9.97. The molecule has 1 unspecified atom stereocenters. The lowest BCUT2D eigenvalue weighted by Gasteiger charge is -2.08.